The van der Waals surface area contributed by atoms with Gasteiger partial charge in [0, 0.05) is 22.8 Å². The zero-order chi connectivity index (χ0) is 21.5. The highest BCUT2D eigenvalue weighted by Gasteiger charge is 2.10. The molecule has 4 aromatic rings. The Morgan fingerprint density at radius 1 is 1.06 bits per heavy atom. The molecule has 0 spiro atoms. The maximum atomic E-state index is 12.5. The highest BCUT2D eigenvalue weighted by Crippen LogP contribution is 2.26. The van der Waals surface area contributed by atoms with Crippen molar-refractivity contribution >= 4 is 35.1 Å². The van der Waals surface area contributed by atoms with E-state index in [1.165, 1.54) is 11.3 Å². The molecule has 2 aromatic carbocycles. The number of nitrogens with one attached hydrogen (secondary N) is 1. The number of hydrogen-bond donors (Lipinski definition) is 1. The number of methoxy groups -OCH3 is 1. The summed E-state index contributed by atoms with van der Waals surface area (Å²) in [5.41, 5.74) is 4.37. The van der Waals surface area contributed by atoms with Crippen molar-refractivity contribution in [2.75, 3.05) is 12.4 Å². The minimum Gasteiger partial charge on any atom is -0.497 e. The van der Waals surface area contributed by atoms with Gasteiger partial charge in [-0.2, -0.15) is 0 Å². The molecule has 0 bridgehead atoms. The maximum Gasteiger partial charge on any atom is 0.230 e. The van der Waals surface area contributed by atoms with Crippen LogP contribution in [-0.2, 0) is 11.2 Å². The van der Waals surface area contributed by atoms with Crippen LogP contribution in [0.2, 0.25) is 0 Å². The Hall–Kier alpha value is -3.77. The molecule has 2 aromatic heterocycles. The van der Waals surface area contributed by atoms with E-state index in [4.69, 9.17) is 4.74 Å². The molecule has 0 fully saturated rings. The van der Waals surface area contributed by atoms with Crippen LogP contribution in [0.1, 0.15) is 17.0 Å². The Morgan fingerprint density at radius 2 is 1.94 bits per heavy atom. The second-order valence-electron chi connectivity index (χ2n) is 6.81. The number of amides is 1. The van der Waals surface area contributed by atoms with Crippen molar-refractivity contribution in [3.05, 3.63) is 95.3 Å². The molecule has 154 valence electrons. The molecule has 0 radical (unpaired) electrons. The van der Waals surface area contributed by atoms with Crippen LogP contribution in [0.25, 0.3) is 22.7 Å². The lowest BCUT2D eigenvalue weighted by atomic mass is 10.1. The minimum atomic E-state index is -0.0996. The number of carbonyl (C=O) groups is 1. The van der Waals surface area contributed by atoms with Crippen molar-refractivity contribution in [3.8, 4) is 16.3 Å². The van der Waals surface area contributed by atoms with Crippen LogP contribution in [0, 0.1) is 0 Å². The second kappa shape index (κ2) is 9.82. The summed E-state index contributed by atoms with van der Waals surface area (Å²) in [5, 5.41) is 5.76. The zero-order valence-electron chi connectivity index (χ0n) is 17.0. The molecule has 0 aliphatic rings. The van der Waals surface area contributed by atoms with Gasteiger partial charge < -0.3 is 10.1 Å². The first-order valence-electron chi connectivity index (χ1n) is 9.77. The molecule has 0 saturated heterocycles. The third-order valence-corrected chi connectivity index (χ3v) is 5.48. The smallest absolute Gasteiger partial charge is 0.230 e. The van der Waals surface area contributed by atoms with Crippen molar-refractivity contribution in [2.45, 2.75) is 6.42 Å². The first-order chi connectivity index (χ1) is 15.2. The van der Waals surface area contributed by atoms with Gasteiger partial charge in [-0.1, -0.05) is 24.3 Å². The number of nitrogens with zero attached hydrogens (tertiary/aromatic N) is 2. The van der Waals surface area contributed by atoms with E-state index in [-0.39, 0.29) is 12.3 Å². The standard InChI is InChI=1S/C25H21N3O2S/c1-30-23-12-9-19(10-13-23)25-28-22(17-31-25)16-24(29)27-21-7-4-5-18(15-21)8-11-20-6-2-3-14-26-20/h2-15,17H,16H2,1H3,(H,27,29)/b11-8+. The lowest BCUT2D eigenvalue weighted by Gasteiger charge is -2.05. The van der Waals surface area contributed by atoms with Gasteiger partial charge in [0.2, 0.25) is 5.91 Å². The van der Waals surface area contributed by atoms with Crippen molar-refractivity contribution in [3.63, 3.8) is 0 Å². The predicted octanol–water partition coefficient (Wildman–Crippen LogP) is 5.57. The number of anilines is 1. The predicted molar refractivity (Wildman–Crippen MR) is 126 cm³/mol. The first kappa shape index (κ1) is 20.5. The molecule has 0 aliphatic heterocycles. The van der Waals surface area contributed by atoms with E-state index in [1.807, 2.05) is 84.3 Å². The first-order valence-corrected chi connectivity index (χ1v) is 10.7. The Kier molecular flexibility index (Phi) is 6.50. The largest absolute Gasteiger partial charge is 0.497 e. The Bertz CT molecular complexity index is 1180. The summed E-state index contributed by atoms with van der Waals surface area (Å²) in [6, 6.07) is 21.2. The molecule has 0 aliphatic carbocycles. The van der Waals surface area contributed by atoms with Crippen LogP contribution >= 0.6 is 11.3 Å². The number of carbonyl (C=O) groups excluding carboxylic acids is 1. The summed E-state index contributed by atoms with van der Waals surface area (Å²) < 4.78 is 5.19. The topological polar surface area (TPSA) is 64.1 Å². The van der Waals surface area contributed by atoms with Gasteiger partial charge in [-0.05, 0) is 60.2 Å². The van der Waals surface area contributed by atoms with Gasteiger partial charge in [0.15, 0.2) is 0 Å². The van der Waals surface area contributed by atoms with E-state index in [9.17, 15) is 4.79 Å². The highest BCUT2D eigenvalue weighted by atomic mass is 32.1. The molecule has 5 nitrogen and oxygen atoms in total. The molecular weight excluding hydrogens is 406 g/mol. The van der Waals surface area contributed by atoms with Crippen LogP contribution in [0.4, 0.5) is 5.69 Å². The number of pyridine rings is 1. The maximum absolute atomic E-state index is 12.5. The number of benzene rings is 2. The lowest BCUT2D eigenvalue weighted by molar-refractivity contribution is -0.115. The van der Waals surface area contributed by atoms with Crippen LogP contribution in [0.3, 0.4) is 0 Å². The van der Waals surface area contributed by atoms with Gasteiger partial charge in [0.1, 0.15) is 10.8 Å². The summed E-state index contributed by atoms with van der Waals surface area (Å²) in [5.74, 6) is 0.703. The van der Waals surface area contributed by atoms with Gasteiger partial charge >= 0.3 is 0 Å². The molecule has 0 saturated carbocycles. The van der Waals surface area contributed by atoms with Gasteiger partial charge in [0.25, 0.3) is 0 Å². The van der Waals surface area contributed by atoms with Gasteiger partial charge in [0.05, 0.1) is 24.9 Å². The van der Waals surface area contributed by atoms with Crippen molar-refractivity contribution in [1.82, 2.24) is 9.97 Å². The van der Waals surface area contributed by atoms with E-state index in [0.29, 0.717) is 0 Å². The third kappa shape index (κ3) is 5.65. The number of rotatable bonds is 7. The number of hydrogen-bond acceptors (Lipinski definition) is 5. The van der Waals surface area contributed by atoms with Crippen LogP contribution in [0.5, 0.6) is 5.75 Å². The number of aromatic nitrogens is 2. The monoisotopic (exact) mass is 427 g/mol. The van der Waals surface area contributed by atoms with Crippen LogP contribution < -0.4 is 10.1 Å². The molecule has 4 rings (SSSR count). The Morgan fingerprint density at radius 3 is 2.71 bits per heavy atom. The van der Waals surface area contributed by atoms with E-state index in [2.05, 4.69) is 15.3 Å². The van der Waals surface area contributed by atoms with E-state index >= 15 is 0 Å². The van der Waals surface area contributed by atoms with Crippen molar-refractivity contribution in [2.24, 2.45) is 0 Å². The molecule has 1 amide bonds. The molecule has 6 heteroatoms. The van der Waals surface area contributed by atoms with Crippen LogP contribution in [-0.4, -0.2) is 23.0 Å². The summed E-state index contributed by atoms with van der Waals surface area (Å²) in [6.07, 6.45) is 5.89. The molecule has 2 heterocycles. The van der Waals surface area contributed by atoms with Gasteiger partial charge in [-0.15, -0.1) is 11.3 Å². The normalized spacial score (nSPS) is 10.9. The second-order valence-corrected chi connectivity index (χ2v) is 7.67. The third-order valence-electron chi connectivity index (χ3n) is 4.54. The van der Waals surface area contributed by atoms with E-state index in [0.717, 1.165) is 39.0 Å². The van der Waals surface area contributed by atoms with Gasteiger partial charge in [-0.25, -0.2) is 4.98 Å². The summed E-state index contributed by atoms with van der Waals surface area (Å²) in [7, 11) is 1.64. The fourth-order valence-electron chi connectivity index (χ4n) is 3.00. The van der Waals surface area contributed by atoms with E-state index < -0.39 is 0 Å². The SMILES string of the molecule is COc1ccc(-c2nc(CC(=O)Nc3cccc(/C=C/c4ccccn4)c3)cs2)cc1. The number of ether oxygens (including phenoxy) is 1. The molecule has 0 atom stereocenters. The fourth-order valence-corrected chi connectivity index (χ4v) is 3.83. The van der Waals surface area contributed by atoms with Crippen molar-refractivity contribution < 1.29 is 9.53 Å². The summed E-state index contributed by atoms with van der Waals surface area (Å²) >= 11 is 1.52. The van der Waals surface area contributed by atoms with E-state index in [1.54, 1.807) is 13.3 Å². The average molecular weight is 428 g/mol. The minimum absolute atomic E-state index is 0.0996. The fraction of sp³-hybridized carbons (Fsp3) is 0.0800. The average Bonchev–Trinajstić information content (AvgIpc) is 3.27. The quantitative estimate of drug-likeness (QED) is 0.419. The van der Waals surface area contributed by atoms with Gasteiger partial charge in [-0.3, -0.25) is 9.78 Å². The lowest BCUT2D eigenvalue weighted by Crippen LogP contribution is -2.14. The van der Waals surface area contributed by atoms with Crippen molar-refractivity contribution in [1.29, 1.82) is 0 Å². The number of thiazole rings is 1. The van der Waals surface area contributed by atoms with Crippen LogP contribution in [0.15, 0.2) is 78.3 Å². The summed E-state index contributed by atoms with van der Waals surface area (Å²) in [4.78, 5) is 21.4. The Balaban J connectivity index is 1.38. The molecule has 0 unspecified atom stereocenters. The zero-order valence-corrected chi connectivity index (χ0v) is 17.8. The molecular formula is C25H21N3O2S. The Labute approximate surface area is 185 Å². The summed E-state index contributed by atoms with van der Waals surface area (Å²) in [6.45, 7) is 0. The highest BCUT2D eigenvalue weighted by molar-refractivity contribution is 7.13. The molecule has 31 heavy (non-hydrogen) atoms. The molecule has 1 N–H and O–H groups in total.